The third-order valence-corrected chi connectivity index (χ3v) is 9.81. The predicted octanol–water partition coefficient (Wildman–Crippen LogP) is 3.32. The zero-order valence-corrected chi connectivity index (χ0v) is 34.3. The number of carbonyl (C=O) groups excluding carboxylic acids is 6. The fourth-order valence-corrected chi connectivity index (χ4v) is 6.20. The number of carbonyl (C=O) groups is 7. The lowest BCUT2D eigenvalue weighted by molar-refractivity contribution is -0.171. The van der Waals surface area contributed by atoms with Gasteiger partial charge in [0.15, 0.2) is 0 Å². The summed E-state index contributed by atoms with van der Waals surface area (Å²) in [5.74, 6) is -14.8. The largest absolute Gasteiger partial charge is 0.507 e. The Bertz CT molecular complexity index is 2310. The molecule has 5 amide bonds. The Morgan fingerprint density at radius 2 is 1.47 bits per heavy atom. The fourth-order valence-electron chi connectivity index (χ4n) is 6.08. The van der Waals surface area contributed by atoms with Crippen LogP contribution in [0.25, 0.3) is 22.3 Å². The first-order chi connectivity index (χ1) is 29.4. The molecule has 9 N–H and O–H groups in total. The van der Waals surface area contributed by atoms with Crippen LogP contribution < -0.4 is 27.0 Å². The van der Waals surface area contributed by atoms with Gasteiger partial charge < -0.3 is 47.2 Å². The summed E-state index contributed by atoms with van der Waals surface area (Å²) in [5.41, 5.74) is 7.43. The lowest BCUT2D eigenvalue weighted by atomic mass is 9.94. The number of carboxylic acids is 1. The number of phenols is 2. The molecule has 0 saturated heterocycles. The molecule has 16 nitrogen and oxygen atoms in total. The molecule has 0 aromatic heterocycles. The van der Waals surface area contributed by atoms with E-state index >= 15 is 0 Å². The minimum atomic E-state index is -4.80. The number of unbranched alkanes of at least 4 members (excludes halogenated alkanes) is 1. The zero-order valence-electron chi connectivity index (χ0n) is 33.5. The van der Waals surface area contributed by atoms with Crippen LogP contribution in [0.3, 0.4) is 0 Å². The van der Waals surface area contributed by atoms with E-state index in [4.69, 9.17) is 22.4 Å². The van der Waals surface area contributed by atoms with Crippen LogP contribution in [-0.4, -0.2) is 107 Å². The summed E-state index contributed by atoms with van der Waals surface area (Å²) >= 11 is 5.96. The summed E-state index contributed by atoms with van der Waals surface area (Å²) < 4.78 is 27.3. The molecule has 5 rings (SSSR count). The van der Waals surface area contributed by atoms with Crippen LogP contribution in [0.4, 0.5) is 8.78 Å². The van der Waals surface area contributed by atoms with Crippen molar-refractivity contribution in [1.82, 2.24) is 26.2 Å². The quantitative estimate of drug-likeness (QED) is 0.0958. The second-order valence-electron chi connectivity index (χ2n) is 14.0. The molecule has 1 aliphatic rings. The highest BCUT2D eigenvalue weighted by Gasteiger charge is 2.47. The second kappa shape index (κ2) is 21.6. The molecule has 4 aromatic carbocycles. The van der Waals surface area contributed by atoms with E-state index in [1.54, 1.807) is 36.4 Å². The molecule has 1 heterocycles. The monoisotopic (exact) mass is 878 g/mol. The van der Waals surface area contributed by atoms with E-state index in [2.05, 4.69) is 22.9 Å². The highest BCUT2D eigenvalue weighted by Crippen LogP contribution is 2.38. The third-order valence-electron chi connectivity index (χ3n) is 9.56. The molecule has 0 aliphatic carbocycles. The predicted molar refractivity (Wildman–Crippen MR) is 223 cm³/mol. The number of halogens is 3. The molecule has 0 fully saturated rings. The van der Waals surface area contributed by atoms with E-state index in [1.807, 2.05) is 17.4 Å². The molecule has 1 aliphatic heterocycles. The van der Waals surface area contributed by atoms with Crippen LogP contribution in [0.1, 0.15) is 47.3 Å². The lowest BCUT2D eigenvalue weighted by Crippen LogP contribution is -2.53. The van der Waals surface area contributed by atoms with Crippen LogP contribution in [-0.2, 0) is 35.2 Å². The van der Waals surface area contributed by atoms with Gasteiger partial charge in [-0.3, -0.25) is 28.8 Å². The Labute approximate surface area is 359 Å². The van der Waals surface area contributed by atoms with Gasteiger partial charge >= 0.3 is 11.9 Å². The molecule has 2 unspecified atom stereocenters. The lowest BCUT2D eigenvalue weighted by Gasteiger charge is -2.29. The molecule has 19 heteroatoms. The molecule has 0 saturated carbocycles. The number of rotatable bonds is 12. The van der Waals surface area contributed by atoms with Gasteiger partial charge in [0.05, 0.1) is 19.6 Å². The van der Waals surface area contributed by atoms with E-state index in [-0.39, 0.29) is 45.7 Å². The van der Waals surface area contributed by atoms with Crippen LogP contribution in [0.15, 0.2) is 84.9 Å². The van der Waals surface area contributed by atoms with Crippen molar-refractivity contribution in [3.05, 3.63) is 107 Å². The smallest absolute Gasteiger partial charge is 0.401 e. The Hall–Kier alpha value is -6.92. The van der Waals surface area contributed by atoms with Crippen LogP contribution >= 0.6 is 11.6 Å². The van der Waals surface area contributed by atoms with Crippen molar-refractivity contribution in [3.63, 3.8) is 0 Å². The highest BCUT2D eigenvalue weighted by atomic mass is 35.5. The number of benzene rings is 4. The summed E-state index contributed by atoms with van der Waals surface area (Å²) in [5, 5.41) is 40.0. The van der Waals surface area contributed by atoms with Crippen molar-refractivity contribution < 1.29 is 57.7 Å². The molecular formula is C43H45ClF2N6O10. The average molecular weight is 879 g/mol. The van der Waals surface area contributed by atoms with Crippen molar-refractivity contribution in [3.8, 4) is 33.8 Å². The number of nitrogens with two attached hydrogens (primary N) is 1. The average Bonchev–Trinajstić information content (AvgIpc) is 3.25. The second-order valence-corrected chi connectivity index (χ2v) is 14.4. The molecular weight excluding hydrogens is 834 g/mol. The van der Waals surface area contributed by atoms with Crippen LogP contribution in [0.5, 0.6) is 11.5 Å². The van der Waals surface area contributed by atoms with Crippen LogP contribution in [0, 0.1) is 0 Å². The number of nitrogens with one attached hydrogen (secondary N) is 4. The number of phenolic OH excluding ortho intramolecular Hbond substituents is 2. The molecule has 2 atom stereocenters. The normalized spacial score (nSPS) is 15.0. The number of hydrogen-bond acceptors (Lipinski definition) is 10. The van der Waals surface area contributed by atoms with Gasteiger partial charge in [0.2, 0.25) is 29.4 Å². The number of Topliss-reactive ketones (excluding diaryl/α,β-unsaturated/α-hetero) is 1. The number of fused-ring (bicyclic) bond motifs is 5. The molecule has 328 valence electrons. The number of hydrogen-bond donors (Lipinski definition) is 8. The molecule has 62 heavy (non-hydrogen) atoms. The summed E-state index contributed by atoms with van der Waals surface area (Å²) in [7, 11) is 1.27. The van der Waals surface area contributed by atoms with Gasteiger partial charge in [0, 0.05) is 35.2 Å². The van der Waals surface area contributed by atoms with Gasteiger partial charge in [-0.25, -0.2) is 4.79 Å². The maximum Gasteiger partial charge on any atom is 0.401 e. The third kappa shape index (κ3) is 12.3. The van der Waals surface area contributed by atoms with Crippen molar-refractivity contribution >= 4 is 52.9 Å². The molecule has 0 spiro atoms. The Balaban J connectivity index is 0.00000160. The molecule has 0 radical (unpaired) electrons. The van der Waals surface area contributed by atoms with Gasteiger partial charge in [-0.05, 0) is 83.8 Å². The van der Waals surface area contributed by atoms with E-state index in [1.165, 1.54) is 56.3 Å². The zero-order chi connectivity index (χ0) is 45.7. The number of nitrogens with zero attached hydrogens (tertiary/aromatic N) is 1. The number of aromatic hydroxyl groups is 2. The van der Waals surface area contributed by atoms with Gasteiger partial charge in [-0.2, -0.15) is 8.78 Å². The Morgan fingerprint density at radius 3 is 2.05 bits per heavy atom. The highest BCUT2D eigenvalue weighted by molar-refractivity contribution is 6.30. The Kier molecular flexibility index (Phi) is 16.6. The number of aliphatic carboxylic acids is 1. The van der Waals surface area contributed by atoms with Gasteiger partial charge in [0.1, 0.15) is 23.6 Å². The summed E-state index contributed by atoms with van der Waals surface area (Å²) in [6, 6.07) is 18.4. The van der Waals surface area contributed by atoms with Gasteiger partial charge in [-0.1, -0.05) is 61.3 Å². The van der Waals surface area contributed by atoms with Gasteiger partial charge in [-0.15, -0.1) is 0 Å². The number of likely N-dealkylation sites (N-methyl/N-ethyl adjacent to an activating group) is 1. The van der Waals surface area contributed by atoms with Crippen molar-refractivity contribution in [2.45, 2.75) is 44.2 Å². The minimum absolute atomic E-state index is 0.00634. The number of ketones is 1. The molecule has 4 aromatic rings. The van der Waals surface area contributed by atoms with E-state index in [0.717, 1.165) is 22.6 Å². The first kappa shape index (κ1) is 47.8. The number of amides is 5. The first-order valence-corrected chi connectivity index (χ1v) is 19.5. The topological polar surface area (TPSA) is 258 Å². The molecule has 4 bridgehead atoms. The SMILES string of the molecule is CCCCN.CN(C(=O)CNC(=O)c1ccc(-c2ccc(Cl)cc2)cc1)C1C(=O)NCC(=O)NC(C(=O)NCC(=O)C(F)(F)C(=O)O)Cc2ccc(O)c(c2)-c2cc1ccc2O. The van der Waals surface area contributed by atoms with E-state index < -0.39 is 78.9 Å². The fraction of sp³-hybridized carbons (Fsp3) is 0.279. The maximum atomic E-state index is 13.8. The number of alkyl halides is 2. The van der Waals surface area contributed by atoms with Crippen molar-refractivity contribution in [2.75, 3.05) is 33.2 Å². The van der Waals surface area contributed by atoms with Crippen molar-refractivity contribution in [1.29, 1.82) is 0 Å². The van der Waals surface area contributed by atoms with Gasteiger partial charge in [0.25, 0.3) is 5.91 Å². The summed E-state index contributed by atoms with van der Waals surface area (Å²) in [6.07, 6.45) is 2.03. The summed E-state index contributed by atoms with van der Waals surface area (Å²) in [6.45, 7) is 0.237. The van der Waals surface area contributed by atoms with E-state index in [0.29, 0.717) is 5.02 Å². The van der Waals surface area contributed by atoms with Crippen molar-refractivity contribution in [2.24, 2.45) is 5.73 Å². The number of carboxylic acid groups (broad SMARTS) is 1. The van der Waals surface area contributed by atoms with E-state index in [9.17, 15) is 52.6 Å². The summed E-state index contributed by atoms with van der Waals surface area (Å²) in [4.78, 5) is 90.0. The van der Waals surface area contributed by atoms with Crippen LogP contribution in [0.2, 0.25) is 5.02 Å². The standard InChI is InChI=1S/C39H34ClF2N5O10.C4H11N/c1-47(33(52)19-45-35(53)23-5-3-21(4-6-23)22-7-10-25(40)11-8-22)34-24-9-13-30(49)27(16-24)26-14-20(2-12-29(26)48)15-28(46-32(51)18-44-37(34)55)36(54)43-17-31(50)39(41,42)38(56)57;1-2-3-4-5/h2-14,16,28,34,48-49H,15,17-19H2,1H3,(H,43,54)(H,44,55)(H,45,53)(H,46,51)(H,56,57);2-5H2,1H3. The Morgan fingerprint density at radius 1 is 0.871 bits per heavy atom. The maximum absolute atomic E-state index is 13.8. The first-order valence-electron chi connectivity index (χ1n) is 19.1. The minimum Gasteiger partial charge on any atom is -0.507 e.